The Morgan fingerprint density at radius 3 is 2.21 bits per heavy atom. The molecule has 0 fully saturated rings. The minimum atomic E-state index is -0.378. The van der Waals surface area contributed by atoms with Gasteiger partial charge in [0, 0.05) is 17.1 Å². The Bertz CT molecular complexity index is 753. The highest BCUT2D eigenvalue weighted by atomic mass is 79.9. The van der Waals surface area contributed by atoms with E-state index >= 15 is 0 Å². The van der Waals surface area contributed by atoms with Crippen molar-refractivity contribution in [2.45, 2.75) is 0 Å². The van der Waals surface area contributed by atoms with Crippen LogP contribution in [0, 0.1) is 0 Å². The number of halogens is 1. The molecule has 0 aliphatic rings. The summed E-state index contributed by atoms with van der Waals surface area (Å²) in [4.78, 5) is 24.3. The normalized spacial score (nSPS) is 10.9. The van der Waals surface area contributed by atoms with E-state index in [1.807, 2.05) is 0 Å². The number of amides is 2. The summed E-state index contributed by atoms with van der Waals surface area (Å²) in [5.41, 5.74) is 1.39. The molecule has 0 heterocycles. The summed E-state index contributed by atoms with van der Waals surface area (Å²) >= 11 is 3.32. The van der Waals surface area contributed by atoms with Crippen LogP contribution in [0.5, 0.6) is 5.75 Å². The molecule has 2 aromatic rings. The molecule has 0 aromatic heterocycles. The van der Waals surface area contributed by atoms with E-state index in [1.165, 1.54) is 7.05 Å². The molecule has 0 radical (unpaired) electrons. The van der Waals surface area contributed by atoms with Gasteiger partial charge >= 0.3 is 0 Å². The number of ether oxygens (including phenoxy) is 1. The van der Waals surface area contributed by atoms with E-state index in [-0.39, 0.29) is 17.5 Å². The van der Waals surface area contributed by atoms with Crippen molar-refractivity contribution >= 4 is 33.8 Å². The molecule has 2 rings (SSSR count). The van der Waals surface area contributed by atoms with Gasteiger partial charge in [0.05, 0.1) is 7.11 Å². The highest BCUT2D eigenvalue weighted by Gasteiger charge is 2.13. The maximum Gasteiger partial charge on any atom is 0.267 e. The molecule has 0 spiro atoms. The predicted octanol–water partition coefficient (Wildman–Crippen LogP) is 2.97. The molecule has 2 aromatic carbocycles. The molecule has 0 atom stereocenters. The van der Waals surface area contributed by atoms with Gasteiger partial charge in [-0.2, -0.15) is 0 Å². The Morgan fingerprint density at radius 1 is 1.04 bits per heavy atom. The minimum absolute atomic E-state index is 0.163. The quantitative estimate of drug-likeness (QED) is 0.773. The minimum Gasteiger partial charge on any atom is -0.497 e. The van der Waals surface area contributed by atoms with E-state index in [1.54, 1.807) is 61.7 Å². The van der Waals surface area contributed by atoms with Gasteiger partial charge in [0.25, 0.3) is 11.8 Å². The first-order chi connectivity index (χ1) is 11.5. The molecule has 0 aliphatic carbocycles. The fourth-order valence-electron chi connectivity index (χ4n) is 1.96. The van der Waals surface area contributed by atoms with Crippen molar-refractivity contribution in [3.8, 4) is 5.75 Å². The molecular formula is C18H17BrN2O3. The third-order valence-electron chi connectivity index (χ3n) is 3.25. The lowest BCUT2D eigenvalue weighted by molar-refractivity contribution is -0.117. The van der Waals surface area contributed by atoms with Crippen molar-refractivity contribution in [1.29, 1.82) is 0 Å². The molecule has 0 saturated carbocycles. The average molecular weight is 389 g/mol. The fourth-order valence-corrected chi connectivity index (χ4v) is 2.22. The second-order valence-electron chi connectivity index (χ2n) is 4.87. The molecule has 6 heteroatoms. The van der Waals surface area contributed by atoms with Crippen molar-refractivity contribution < 1.29 is 14.3 Å². The van der Waals surface area contributed by atoms with E-state index in [4.69, 9.17) is 4.74 Å². The van der Waals surface area contributed by atoms with Crippen LogP contribution in [0.4, 0.5) is 0 Å². The van der Waals surface area contributed by atoms with Crippen LogP contribution < -0.4 is 15.4 Å². The van der Waals surface area contributed by atoms with Gasteiger partial charge in [0.2, 0.25) is 0 Å². The summed E-state index contributed by atoms with van der Waals surface area (Å²) in [7, 11) is 3.09. The standard InChI is InChI=1S/C18H17BrN2O3/c1-20-18(23)16(11-12-3-9-15(24-2)10-4-12)21-17(22)13-5-7-14(19)8-6-13/h3-11H,1-2H3,(H,20,23)(H,21,22)/b16-11-. The zero-order valence-electron chi connectivity index (χ0n) is 13.3. The van der Waals surface area contributed by atoms with Gasteiger partial charge in [0.1, 0.15) is 11.4 Å². The Kier molecular flexibility index (Phi) is 6.14. The van der Waals surface area contributed by atoms with E-state index < -0.39 is 0 Å². The van der Waals surface area contributed by atoms with Crippen LogP contribution in [-0.4, -0.2) is 26.0 Å². The Morgan fingerprint density at radius 2 is 1.67 bits per heavy atom. The smallest absolute Gasteiger partial charge is 0.267 e. The molecule has 124 valence electrons. The molecule has 5 nitrogen and oxygen atoms in total. The highest BCUT2D eigenvalue weighted by molar-refractivity contribution is 9.10. The van der Waals surface area contributed by atoms with Gasteiger partial charge in [-0.25, -0.2) is 0 Å². The lowest BCUT2D eigenvalue weighted by Crippen LogP contribution is -2.33. The number of carbonyl (C=O) groups is 2. The van der Waals surface area contributed by atoms with Crippen molar-refractivity contribution in [2.24, 2.45) is 0 Å². The van der Waals surface area contributed by atoms with E-state index in [0.29, 0.717) is 11.3 Å². The van der Waals surface area contributed by atoms with Crippen molar-refractivity contribution in [2.75, 3.05) is 14.2 Å². The van der Waals surface area contributed by atoms with Crippen LogP contribution in [0.2, 0.25) is 0 Å². The van der Waals surface area contributed by atoms with Gasteiger partial charge in [0.15, 0.2) is 0 Å². The zero-order chi connectivity index (χ0) is 17.5. The molecule has 0 saturated heterocycles. The third-order valence-corrected chi connectivity index (χ3v) is 3.78. The van der Waals surface area contributed by atoms with Crippen LogP contribution in [0.25, 0.3) is 6.08 Å². The first-order valence-corrected chi connectivity index (χ1v) is 7.97. The van der Waals surface area contributed by atoms with Gasteiger partial charge in [-0.1, -0.05) is 28.1 Å². The number of likely N-dealkylation sites (N-methyl/N-ethyl adjacent to an activating group) is 1. The van der Waals surface area contributed by atoms with Gasteiger partial charge in [-0.3, -0.25) is 9.59 Å². The highest BCUT2D eigenvalue weighted by Crippen LogP contribution is 2.14. The molecule has 0 bridgehead atoms. The topological polar surface area (TPSA) is 67.4 Å². The number of benzene rings is 2. The number of nitrogens with one attached hydrogen (secondary N) is 2. The monoisotopic (exact) mass is 388 g/mol. The number of carbonyl (C=O) groups excluding carboxylic acids is 2. The van der Waals surface area contributed by atoms with Crippen molar-refractivity contribution in [3.63, 3.8) is 0 Å². The molecule has 0 aliphatic heterocycles. The lowest BCUT2D eigenvalue weighted by atomic mass is 10.1. The number of hydrogen-bond donors (Lipinski definition) is 2. The summed E-state index contributed by atoms with van der Waals surface area (Å²) in [5.74, 6) is -0.0188. The largest absolute Gasteiger partial charge is 0.497 e. The molecule has 2 N–H and O–H groups in total. The Balaban J connectivity index is 2.24. The van der Waals surface area contributed by atoms with Crippen molar-refractivity contribution in [1.82, 2.24) is 10.6 Å². The van der Waals surface area contributed by atoms with Crippen LogP contribution in [-0.2, 0) is 4.79 Å². The van der Waals surface area contributed by atoms with Gasteiger partial charge < -0.3 is 15.4 Å². The van der Waals surface area contributed by atoms with E-state index in [0.717, 1.165) is 10.0 Å². The SMILES string of the molecule is CNC(=O)/C(=C/c1ccc(OC)cc1)NC(=O)c1ccc(Br)cc1. The summed E-state index contributed by atoms with van der Waals surface area (Å²) in [6, 6.07) is 14.0. The maximum absolute atomic E-state index is 12.3. The van der Waals surface area contributed by atoms with E-state index in [9.17, 15) is 9.59 Å². The van der Waals surface area contributed by atoms with Gasteiger partial charge in [-0.15, -0.1) is 0 Å². The fraction of sp³-hybridized carbons (Fsp3) is 0.111. The van der Waals surface area contributed by atoms with Gasteiger partial charge in [-0.05, 0) is 48.0 Å². The van der Waals surface area contributed by atoms with Crippen LogP contribution in [0.3, 0.4) is 0 Å². The van der Waals surface area contributed by atoms with Crippen LogP contribution in [0.1, 0.15) is 15.9 Å². The summed E-state index contributed by atoms with van der Waals surface area (Å²) in [6.07, 6.45) is 1.61. The summed E-state index contributed by atoms with van der Waals surface area (Å²) < 4.78 is 5.98. The first-order valence-electron chi connectivity index (χ1n) is 7.18. The second kappa shape index (κ2) is 8.31. The lowest BCUT2D eigenvalue weighted by Gasteiger charge is -2.09. The summed E-state index contributed by atoms with van der Waals surface area (Å²) in [5, 5.41) is 5.16. The second-order valence-corrected chi connectivity index (χ2v) is 5.79. The number of methoxy groups -OCH3 is 1. The zero-order valence-corrected chi connectivity index (χ0v) is 14.9. The van der Waals surface area contributed by atoms with E-state index in [2.05, 4.69) is 26.6 Å². The Labute approximate surface area is 148 Å². The van der Waals surface area contributed by atoms with Crippen LogP contribution >= 0.6 is 15.9 Å². The average Bonchev–Trinajstić information content (AvgIpc) is 2.61. The summed E-state index contributed by atoms with van der Waals surface area (Å²) in [6.45, 7) is 0. The molecule has 24 heavy (non-hydrogen) atoms. The maximum atomic E-state index is 12.3. The number of rotatable bonds is 5. The molecule has 0 unspecified atom stereocenters. The number of hydrogen-bond acceptors (Lipinski definition) is 3. The first kappa shape index (κ1) is 17.7. The Hall–Kier alpha value is -2.60. The predicted molar refractivity (Wildman–Crippen MR) is 96.6 cm³/mol. The van der Waals surface area contributed by atoms with Crippen molar-refractivity contribution in [3.05, 3.63) is 69.8 Å². The third kappa shape index (κ3) is 4.70. The molecule has 2 amide bonds. The van der Waals surface area contributed by atoms with Crippen LogP contribution in [0.15, 0.2) is 58.7 Å². The molecular weight excluding hydrogens is 372 g/mol.